The fourth-order valence-corrected chi connectivity index (χ4v) is 6.21. The molecule has 0 spiro atoms. The van der Waals surface area contributed by atoms with Crippen molar-refractivity contribution >= 4 is 17.9 Å². The number of carbonyl (C=O) groups is 3. The lowest BCUT2D eigenvalue weighted by atomic mass is 10.0. The molecule has 340 valence electrons. The summed E-state index contributed by atoms with van der Waals surface area (Å²) in [6.45, 7) is 4.65. The van der Waals surface area contributed by atoms with Gasteiger partial charge in [-0.3, -0.25) is 9.59 Å². The van der Waals surface area contributed by atoms with E-state index in [1.54, 1.807) is 6.08 Å². The zero-order valence-corrected chi connectivity index (χ0v) is 38.4. The number of unbranched alkanes of at least 4 members (excludes halogenated alkanes) is 18. The van der Waals surface area contributed by atoms with E-state index in [0.29, 0.717) is 17.4 Å². The Morgan fingerprint density at radius 2 is 0.949 bits per heavy atom. The van der Waals surface area contributed by atoms with Crippen LogP contribution in [0, 0.1) is 0 Å². The molecule has 0 aliphatic rings. The van der Waals surface area contributed by atoms with Gasteiger partial charge >= 0.3 is 17.9 Å². The van der Waals surface area contributed by atoms with Crippen molar-refractivity contribution in [3.63, 3.8) is 0 Å². The highest BCUT2D eigenvalue weighted by molar-refractivity contribution is 5.72. The van der Waals surface area contributed by atoms with Crippen molar-refractivity contribution in [2.24, 2.45) is 0 Å². The van der Waals surface area contributed by atoms with Crippen molar-refractivity contribution in [3.05, 3.63) is 60.8 Å². The van der Waals surface area contributed by atoms with Crippen LogP contribution in [-0.2, 0) is 33.3 Å². The van der Waals surface area contributed by atoms with E-state index in [2.05, 4.69) is 56.4 Å². The molecule has 0 aromatic rings. The van der Waals surface area contributed by atoms with Crippen molar-refractivity contribution in [1.82, 2.24) is 0 Å². The van der Waals surface area contributed by atoms with E-state index >= 15 is 0 Å². The largest absolute Gasteiger partial charge is 0.477 e. The summed E-state index contributed by atoms with van der Waals surface area (Å²) >= 11 is 0. The molecule has 0 saturated carbocycles. The van der Waals surface area contributed by atoms with E-state index < -0.39 is 24.3 Å². The number of hydrogen-bond donors (Lipinski definition) is 1. The maximum absolute atomic E-state index is 12.7. The quantitative estimate of drug-likeness (QED) is 0.0213. The molecule has 9 heteroatoms. The number of carboxylic acid groups (broad SMARTS) is 1. The predicted molar refractivity (Wildman–Crippen MR) is 244 cm³/mol. The van der Waals surface area contributed by atoms with Crippen LogP contribution in [0.25, 0.3) is 0 Å². The molecule has 59 heavy (non-hydrogen) atoms. The van der Waals surface area contributed by atoms with Gasteiger partial charge in [-0.1, -0.05) is 190 Å². The minimum atomic E-state index is -1.53. The summed E-state index contributed by atoms with van der Waals surface area (Å²) in [5, 5.41) is 9.63. The van der Waals surface area contributed by atoms with E-state index in [9.17, 15) is 19.5 Å². The molecular weight excluding hydrogens is 743 g/mol. The molecule has 0 amide bonds. The highest BCUT2D eigenvalue weighted by atomic mass is 16.7. The van der Waals surface area contributed by atoms with Gasteiger partial charge in [0.25, 0.3) is 6.29 Å². The summed E-state index contributed by atoms with van der Waals surface area (Å²) in [7, 11) is 5.92. The minimum Gasteiger partial charge on any atom is -0.477 e. The van der Waals surface area contributed by atoms with Gasteiger partial charge in [0, 0.05) is 6.42 Å². The number of carboxylic acids is 1. The molecule has 0 aliphatic carbocycles. The first-order chi connectivity index (χ1) is 28.6. The Morgan fingerprint density at radius 3 is 1.37 bits per heavy atom. The average Bonchev–Trinajstić information content (AvgIpc) is 3.19. The normalized spacial score (nSPS) is 13.4. The topological polar surface area (TPSA) is 108 Å². The first-order valence-electron chi connectivity index (χ1n) is 23.5. The summed E-state index contributed by atoms with van der Waals surface area (Å²) in [4.78, 5) is 37.1. The zero-order valence-electron chi connectivity index (χ0n) is 38.4. The smallest absolute Gasteiger partial charge is 0.361 e. The average molecular weight is 831 g/mol. The lowest BCUT2D eigenvalue weighted by Gasteiger charge is -2.25. The third kappa shape index (κ3) is 42.9. The zero-order chi connectivity index (χ0) is 43.5. The van der Waals surface area contributed by atoms with Gasteiger partial charge in [-0.2, -0.15) is 0 Å². The number of allylic oxidation sites excluding steroid dienone is 9. The molecule has 0 radical (unpaired) electrons. The Labute approximate surface area is 361 Å². The number of ether oxygens (including phenoxy) is 4. The molecule has 0 aromatic heterocycles. The van der Waals surface area contributed by atoms with E-state index in [0.717, 1.165) is 44.9 Å². The van der Waals surface area contributed by atoms with Gasteiger partial charge in [-0.25, -0.2) is 4.79 Å². The van der Waals surface area contributed by atoms with E-state index in [1.807, 2.05) is 33.3 Å². The highest BCUT2D eigenvalue weighted by Crippen LogP contribution is 2.15. The number of rotatable bonds is 42. The molecule has 0 bridgehead atoms. The third-order valence-electron chi connectivity index (χ3n) is 9.82. The summed E-state index contributed by atoms with van der Waals surface area (Å²) in [5.41, 5.74) is 0. The molecule has 0 fully saturated rings. The lowest BCUT2D eigenvalue weighted by Crippen LogP contribution is -2.40. The monoisotopic (exact) mass is 831 g/mol. The van der Waals surface area contributed by atoms with Gasteiger partial charge in [0.1, 0.15) is 13.2 Å². The number of likely N-dealkylation sites (N-methyl/N-ethyl adjacent to an activating group) is 1. The fraction of sp³-hybridized carbons (Fsp3) is 0.740. The van der Waals surface area contributed by atoms with Gasteiger partial charge in [-0.15, -0.1) is 0 Å². The fourth-order valence-electron chi connectivity index (χ4n) is 6.21. The van der Waals surface area contributed by atoms with Gasteiger partial charge in [-0.05, 0) is 38.5 Å². The maximum Gasteiger partial charge on any atom is 0.361 e. The van der Waals surface area contributed by atoms with Crippen LogP contribution in [0.3, 0.4) is 0 Å². The molecule has 0 rings (SSSR count). The van der Waals surface area contributed by atoms with Gasteiger partial charge in [0.05, 0.1) is 40.8 Å². The number of aliphatic carboxylic acids is 1. The molecule has 0 heterocycles. The SMILES string of the molecule is CC/C=C\C/C=C\C/C=C\C/C=C\C/C=C\CC(=O)OC(COC(=O)CCCCCCCCCCCCCCCCCCCCC)COC(OCC[N+](C)(C)C)C(=O)O. The first kappa shape index (κ1) is 56.0. The Morgan fingerprint density at radius 1 is 0.525 bits per heavy atom. The van der Waals surface area contributed by atoms with Crippen LogP contribution < -0.4 is 0 Å². The second-order valence-corrected chi connectivity index (χ2v) is 16.7. The van der Waals surface area contributed by atoms with Crippen LogP contribution in [-0.4, -0.2) is 87.4 Å². The van der Waals surface area contributed by atoms with Crippen LogP contribution in [0.5, 0.6) is 0 Å². The summed E-state index contributed by atoms with van der Waals surface area (Å²) in [6, 6.07) is 0. The van der Waals surface area contributed by atoms with Crippen LogP contribution in [0.15, 0.2) is 60.8 Å². The van der Waals surface area contributed by atoms with E-state index in [1.165, 1.54) is 103 Å². The van der Waals surface area contributed by atoms with Crippen molar-refractivity contribution < 1.29 is 42.9 Å². The van der Waals surface area contributed by atoms with E-state index in [-0.39, 0.29) is 38.6 Å². The first-order valence-corrected chi connectivity index (χ1v) is 23.5. The highest BCUT2D eigenvalue weighted by Gasteiger charge is 2.25. The third-order valence-corrected chi connectivity index (χ3v) is 9.82. The molecule has 1 N–H and O–H groups in total. The number of hydrogen-bond acceptors (Lipinski definition) is 7. The summed E-state index contributed by atoms with van der Waals surface area (Å²) < 4.78 is 22.6. The van der Waals surface area contributed by atoms with Crippen LogP contribution >= 0.6 is 0 Å². The van der Waals surface area contributed by atoms with Crippen LogP contribution in [0.2, 0.25) is 0 Å². The Bertz CT molecular complexity index is 1150. The maximum atomic E-state index is 12.7. The number of nitrogens with zero attached hydrogens (tertiary/aromatic N) is 1. The van der Waals surface area contributed by atoms with Crippen LogP contribution in [0.4, 0.5) is 0 Å². The number of quaternary nitrogens is 1. The van der Waals surface area contributed by atoms with E-state index in [4.69, 9.17) is 18.9 Å². The molecule has 2 unspecified atom stereocenters. The lowest BCUT2D eigenvalue weighted by molar-refractivity contribution is -0.870. The Balaban J connectivity index is 4.48. The minimum absolute atomic E-state index is 0.0275. The van der Waals surface area contributed by atoms with Crippen molar-refractivity contribution in [1.29, 1.82) is 0 Å². The number of esters is 2. The second-order valence-electron chi connectivity index (χ2n) is 16.7. The van der Waals surface area contributed by atoms with Crippen molar-refractivity contribution in [3.8, 4) is 0 Å². The molecule has 0 aromatic carbocycles. The molecule has 9 nitrogen and oxygen atoms in total. The summed E-state index contributed by atoms with van der Waals surface area (Å²) in [5.74, 6) is -2.17. The Hall–Kier alpha value is -3.01. The Kier molecular flexibility index (Phi) is 39.6. The second kappa shape index (κ2) is 41.7. The van der Waals surface area contributed by atoms with Gasteiger partial charge in [0.2, 0.25) is 0 Å². The molecule has 0 saturated heterocycles. The van der Waals surface area contributed by atoms with Gasteiger partial charge in [0.15, 0.2) is 6.10 Å². The molecular formula is C50H88NO8+. The van der Waals surface area contributed by atoms with Crippen molar-refractivity contribution in [2.45, 2.75) is 193 Å². The number of carbonyl (C=O) groups excluding carboxylic acids is 2. The van der Waals surface area contributed by atoms with Crippen LogP contribution in [0.1, 0.15) is 181 Å². The standard InChI is InChI=1S/C50H87NO8/c1-6-8-10-12-14-16-18-20-22-23-24-25-27-28-30-32-34-36-38-40-47(52)57-44-46(45-58-50(49(54)55)56-43-42-51(3,4)5)59-48(53)41-39-37-35-33-31-29-26-21-19-17-15-13-11-9-7-2/h9,11,15,17,21,26,31,33,37,39,46,50H,6-8,10,12-14,16,18-20,22-25,27-30,32,34-36,38,40-45H2,1-5H3/p+1/b11-9-,17-15-,26-21-,33-31-,39-37-. The molecule has 0 aliphatic heterocycles. The summed E-state index contributed by atoms with van der Waals surface area (Å²) in [6.07, 6.45) is 47.5. The molecule has 2 atom stereocenters. The van der Waals surface area contributed by atoms with Gasteiger partial charge < -0.3 is 28.5 Å². The van der Waals surface area contributed by atoms with Crippen molar-refractivity contribution in [2.75, 3.05) is 47.5 Å². The predicted octanol–water partition coefficient (Wildman–Crippen LogP) is 12.6.